The fourth-order valence-electron chi connectivity index (χ4n) is 2.56. The van der Waals surface area contributed by atoms with Crippen molar-refractivity contribution in [3.63, 3.8) is 0 Å². The fraction of sp³-hybridized carbons (Fsp3) is 0.316. The molecule has 0 atom stereocenters. The van der Waals surface area contributed by atoms with Crippen molar-refractivity contribution in [2.45, 2.75) is 12.7 Å². The van der Waals surface area contributed by atoms with Crippen LogP contribution in [0.15, 0.2) is 36.4 Å². The number of rotatable bonds is 6. The molecular formula is C19H18F3NO5. The lowest BCUT2D eigenvalue weighted by Gasteiger charge is -2.21. The lowest BCUT2D eigenvalue weighted by atomic mass is 10.1. The highest BCUT2D eigenvalue weighted by Gasteiger charge is 2.28. The minimum absolute atomic E-state index is 0.101. The molecule has 1 aliphatic rings. The Morgan fingerprint density at radius 1 is 1.14 bits per heavy atom. The van der Waals surface area contributed by atoms with E-state index in [0.717, 1.165) is 0 Å². The summed E-state index contributed by atoms with van der Waals surface area (Å²) in [5.74, 6) is 1.03. The number of carbonyl (C=O) groups excluding carboxylic acids is 1. The van der Waals surface area contributed by atoms with Gasteiger partial charge in [-0.25, -0.2) is 0 Å². The summed E-state index contributed by atoms with van der Waals surface area (Å²) in [6, 6.07) is 9.12. The van der Waals surface area contributed by atoms with Gasteiger partial charge < -0.3 is 24.3 Å². The van der Waals surface area contributed by atoms with E-state index in [1.54, 1.807) is 24.3 Å². The minimum Gasteiger partial charge on any atom is -0.493 e. The first-order valence-electron chi connectivity index (χ1n) is 8.40. The Bertz CT molecular complexity index is 819. The molecule has 0 aromatic heterocycles. The molecule has 1 aliphatic heterocycles. The van der Waals surface area contributed by atoms with Crippen LogP contribution in [-0.4, -0.2) is 39.0 Å². The summed E-state index contributed by atoms with van der Waals surface area (Å²) >= 11 is 0. The van der Waals surface area contributed by atoms with Crippen molar-refractivity contribution in [2.24, 2.45) is 0 Å². The number of nitrogens with one attached hydrogen (secondary N) is 1. The topological polar surface area (TPSA) is 66.0 Å². The number of hydrogen-bond acceptors (Lipinski definition) is 5. The maximum absolute atomic E-state index is 12.4. The number of methoxy groups -OCH3 is 1. The van der Waals surface area contributed by atoms with E-state index in [4.69, 9.17) is 14.2 Å². The molecule has 2 aromatic rings. The van der Waals surface area contributed by atoms with Crippen LogP contribution in [0.4, 0.5) is 13.2 Å². The molecule has 1 N–H and O–H groups in total. The highest BCUT2D eigenvalue weighted by atomic mass is 19.4. The van der Waals surface area contributed by atoms with Crippen molar-refractivity contribution in [1.82, 2.24) is 5.32 Å². The average molecular weight is 397 g/mol. The predicted molar refractivity (Wildman–Crippen MR) is 93.1 cm³/mol. The van der Waals surface area contributed by atoms with Gasteiger partial charge in [0.15, 0.2) is 18.1 Å². The first-order chi connectivity index (χ1) is 13.4. The number of halogens is 3. The van der Waals surface area contributed by atoms with E-state index in [9.17, 15) is 18.0 Å². The van der Waals surface area contributed by atoms with E-state index in [1.165, 1.54) is 19.2 Å². The van der Waals surface area contributed by atoms with Crippen LogP contribution in [0.1, 0.15) is 15.9 Å². The normalized spacial score (nSPS) is 13.0. The molecule has 0 saturated carbocycles. The van der Waals surface area contributed by atoms with Gasteiger partial charge in [-0.3, -0.25) is 4.79 Å². The number of benzene rings is 2. The van der Waals surface area contributed by atoms with Gasteiger partial charge >= 0.3 is 6.18 Å². The van der Waals surface area contributed by atoms with Gasteiger partial charge in [0, 0.05) is 12.1 Å². The second kappa shape index (κ2) is 8.28. The molecule has 3 rings (SSSR count). The zero-order valence-electron chi connectivity index (χ0n) is 15.0. The molecule has 0 saturated heterocycles. The van der Waals surface area contributed by atoms with Crippen LogP contribution in [0.3, 0.4) is 0 Å². The zero-order valence-corrected chi connectivity index (χ0v) is 15.0. The predicted octanol–water partition coefficient (Wildman–Crippen LogP) is 3.34. The Labute approximate surface area is 159 Å². The van der Waals surface area contributed by atoms with Crippen molar-refractivity contribution < 1.29 is 36.9 Å². The van der Waals surface area contributed by atoms with Crippen LogP contribution in [0.25, 0.3) is 0 Å². The number of fused-ring (bicyclic) bond motifs is 1. The summed E-state index contributed by atoms with van der Waals surface area (Å²) in [6.45, 7) is -0.383. The fourth-order valence-corrected chi connectivity index (χ4v) is 2.56. The van der Waals surface area contributed by atoms with Gasteiger partial charge in [-0.2, -0.15) is 13.2 Å². The number of alkyl halides is 3. The summed E-state index contributed by atoms with van der Waals surface area (Å²) < 4.78 is 57.4. The molecule has 2 aromatic carbocycles. The number of hydrogen-bond donors (Lipinski definition) is 1. The molecule has 9 heteroatoms. The third kappa shape index (κ3) is 4.99. The Morgan fingerprint density at radius 2 is 1.86 bits per heavy atom. The van der Waals surface area contributed by atoms with Crippen LogP contribution in [-0.2, 0) is 6.54 Å². The van der Waals surface area contributed by atoms with E-state index in [0.29, 0.717) is 41.6 Å². The summed E-state index contributed by atoms with van der Waals surface area (Å²) in [5, 5.41) is 2.74. The van der Waals surface area contributed by atoms with Gasteiger partial charge in [0.05, 0.1) is 7.11 Å². The van der Waals surface area contributed by atoms with Crippen molar-refractivity contribution in [3.05, 3.63) is 47.5 Å². The van der Waals surface area contributed by atoms with Crippen molar-refractivity contribution in [1.29, 1.82) is 0 Å². The summed E-state index contributed by atoms with van der Waals surface area (Å²) in [6.07, 6.45) is -4.39. The lowest BCUT2D eigenvalue weighted by molar-refractivity contribution is -0.153. The van der Waals surface area contributed by atoms with Crippen molar-refractivity contribution >= 4 is 5.91 Å². The summed E-state index contributed by atoms with van der Waals surface area (Å²) in [5.41, 5.74) is 1.04. The molecule has 6 nitrogen and oxygen atoms in total. The zero-order chi connectivity index (χ0) is 20.1. The van der Waals surface area contributed by atoms with E-state index in [-0.39, 0.29) is 18.2 Å². The number of ether oxygens (including phenoxy) is 4. The summed E-state index contributed by atoms with van der Waals surface area (Å²) in [4.78, 5) is 12.4. The van der Waals surface area contributed by atoms with E-state index >= 15 is 0 Å². The molecular weight excluding hydrogens is 379 g/mol. The second-order valence-electron chi connectivity index (χ2n) is 5.93. The molecule has 28 heavy (non-hydrogen) atoms. The van der Waals surface area contributed by atoms with Gasteiger partial charge in [0.2, 0.25) is 5.75 Å². The Balaban J connectivity index is 1.61. The standard InChI is InChI=1S/C19H18F3NO5/c1-25-15-8-13(9-16-17(15)27-7-6-26-16)18(24)23-10-12-2-4-14(5-3-12)28-11-19(20,21)22/h2-5,8-9H,6-7,10-11H2,1H3,(H,23,24). The minimum atomic E-state index is -4.39. The van der Waals surface area contributed by atoms with Crippen LogP contribution in [0, 0.1) is 0 Å². The second-order valence-corrected chi connectivity index (χ2v) is 5.93. The molecule has 0 spiro atoms. The highest BCUT2D eigenvalue weighted by Crippen LogP contribution is 2.40. The molecule has 1 amide bonds. The highest BCUT2D eigenvalue weighted by molar-refractivity contribution is 5.95. The van der Waals surface area contributed by atoms with Crippen LogP contribution in [0.5, 0.6) is 23.0 Å². The van der Waals surface area contributed by atoms with Crippen LogP contribution >= 0.6 is 0 Å². The van der Waals surface area contributed by atoms with Crippen molar-refractivity contribution in [3.8, 4) is 23.0 Å². The molecule has 0 bridgehead atoms. The SMILES string of the molecule is COc1cc(C(=O)NCc2ccc(OCC(F)(F)F)cc2)cc2c1OCCO2. The first-order valence-corrected chi connectivity index (χ1v) is 8.40. The maximum Gasteiger partial charge on any atom is 0.422 e. The number of carbonyl (C=O) groups is 1. The molecule has 0 unspecified atom stereocenters. The van der Waals surface area contributed by atoms with Crippen molar-refractivity contribution in [2.75, 3.05) is 26.9 Å². The van der Waals surface area contributed by atoms with E-state index in [1.807, 2.05) is 0 Å². The first kappa shape index (κ1) is 19.7. The monoisotopic (exact) mass is 397 g/mol. The molecule has 0 radical (unpaired) electrons. The van der Waals surface area contributed by atoms with Gasteiger partial charge in [0.25, 0.3) is 5.91 Å². The third-order valence-electron chi connectivity index (χ3n) is 3.87. The van der Waals surface area contributed by atoms with Crippen LogP contribution < -0.4 is 24.3 Å². The smallest absolute Gasteiger partial charge is 0.422 e. The molecule has 0 fully saturated rings. The van der Waals surface area contributed by atoms with Gasteiger partial charge in [0.1, 0.15) is 19.0 Å². The average Bonchev–Trinajstić information content (AvgIpc) is 2.69. The largest absolute Gasteiger partial charge is 0.493 e. The maximum atomic E-state index is 12.4. The van der Waals surface area contributed by atoms with Gasteiger partial charge in [-0.15, -0.1) is 0 Å². The Morgan fingerprint density at radius 3 is 2.54 bits per heavy atom. The summed E-state index contributed by atoms with van der Waals surface area (Å²) in [7, 11) is 1.47. The number of amides is 1. The molecule has 150 valence electrons. The third-order valence-corrected chi connectivity index (χ3v) is 3.87. The van der Waals surface area contributed by atoms with Gasteiger partial charge in [-0.05, 0) is 29.8 Å². The van der Waals surface area contributed by atoms with Crippen LogP contribution in [0.2, 0.25) is 0 Å². The van der Waals surface area contributed by atoms with E-state index in [2.05, 4.69) is 10.1 Å². The van der Waals surface area contributed by atoms with E-state index < -0.39 is 12.8 Å². The molecule has 1 heterocycles. The quantitative estimate of drug-likeness (QED) is 0.810. The molecule has 0 aliphatic carbocycles. The Kier molecular flexibility index (Phi) is 5.81. The lowest BCUT2D eigenvalue weighted by Crippen LogP contribution is -2.23. The van der Waals surface area contributed by atoms with Gasteiger partial charge in [-0.1, -0.05) is 12.1 Å². The Hall–Kier alpha value is -3.10.